The van der Waals surface area contributed by atoms with Crippen molar-refractivity contribution in [3.63, 3.8) is 0 Å². The lowest BCUT2D eigenvalue weighted by atomic mass is 10.1. The molecule has 1 amide bonds. The predicted octanol–water partition coefficient (Wildman–Crippen LogP) is 2.27. The van der Waals surface area contributed by atoms with E-state index < -0.39 is 5.54 Å². The summed E-state index contributed by atoms with van der Waals surface area (Å²) in [6.45, 7) is 2.64. The number of amides is 1. The summed E-state index contributed by atoms with van der Waals surface area (Å²) < 4.78 is 0. The van der Waals surface area contributed by atoms with Crippen molar-refractivity contribution in [3.05, 3.63) is 40.2 Å². The van der Waals surface area contributed by atoms with Crippen molar-refractivity contribution in [2.75, 3.05) is 6.54 Å². The molecule has 2 aromatic rings. The average molecular weight is 301 g/mol. The van der Waals surface area contributed by atoms with Crippen molar-refractivity contribution in [2.45, 2.75) is 31.7 Å². The van der Waals surface area contributed by atoms with Crippen LogP contribution in [-0.4, -0.2) is 23.0 Å². The largest absolute Gasteiger partial charge is 0.354 e. The number of rotatable bonds is 5. The highest BCUT2D eigenvalue weighted by molar-refractivity contribution is 7.09. The molecule has 1 aromatic heterocycles. The fourth-order valence-corrected chi connectivity index (χ4v) is 2.82. The summed E-state index contributed by atoms with van der Waals surface area (Å²) in [5, 5.41) is 6.06. The Morgan fingerprint density at radius 3 is 2.67 bits per heavy atom. The number of hydrogen-bond acceptors (Lipinski definition) is 4. The summed E-state index contributed by atoms with van der Waals surface area (Å²) >= 11 is 1.66. The van der Waals surface area contributed by atoms with Crippen molar-refractivity contribution in [1.82, 2.24) is 10.3 Å². The third-order valence-corrected chi connectivity index (χ3v) is 4.58. The van der Waals surface area contributed by atoms with Crippen LogP contribution < -0.4 is 11.1 Å². The van der Waals surface area contributed by atoms with Gasteiger partial charge in [0.05, 0.1) is 16.2 Å². The molecule has 0 saturated heterocycles. The fourth-order valence-electron chi connectivity index (χ4n) is 2.20. The topological polar surface area (TPSA) is 68.0 Å². The number of carbonyl (C=O) groups excluding carboxylic acids is 1. The Morgan fingerprint density at radius 1 is 1.38 bits per heavy atom. The lowest BCUT2D eigenvalue weighted by Gasteiger charge is -2.10. The Hall–Kier alpha value is -1.72. The lowest BCUT2D eigenvalue weighted by molar-refractivity contribution is -0.123. The standard InChI is InChI=1S/C16H19N3OS/c1-11-19-14(10-21-11)13-4-2-12(3-5-13)6-9-18-15(20)16(17)7-8-16/h2-5,10H,6-9,17H2,1H3,(H,18,20). The molecule has 1 heterocycles. The first-order valence-corrected chi connectivity index (χ1v) is 8.03. The van der Waals surface area contributed by atoms with Crippen LogP contribution in [0.1, 0.15) is 23.4 Å². The van der Waals surface area contributed by atoms with Gasteiger partial charge in [-0.25, -0.2) is 4.98 Å². The van der Waals surface area contributed by atoms with Crippen molar-refractivity contribution in [1.29, 1.82) is 0 Å². The Bertz CT molecular complexity index is 644. The molecule has 0 atom stereocenters. The summed E-state index contributed by atoms with van der Waals surface area (Å²) in [7, 11) is 0. The molecule has 0 radical (unpaired) electrons. The zero-order valence-electron chi connectivity index (χ0n) is 12.1. The van der Waals surface area contributed by atoms with Gasteiger partial charge in [0.25, 0.3) is 0 Å². The molecule has 3 rings (SSSR count). The highest BCUT2D eigenvalue weighted by Gasteiger charge is 2.45. The smallest absolute Gasteiger partial charge is 0.240 e. The van der Waals surface area contributed by atoms with E-state index in [1.807, 2.05) is 6.92 Å². The minimum absolute atomic E-state index is 0.0166. The van der Waals surface area contributed by atoms with E-state index in [4.69, 9.17) is 5.73 Å². The molecule has 1 aromatic carbocycles. The maximum absolute atomic E-state index is 11.7. The van der Waals surface area contributed by atoms with E-state index in [1.54, 1.807) is 11.3 Å². The lowest BCUT2D eigenvalue weighted by Crippen LogP contribution is -2.43. The highest BCUT2D eigenvalue weighted by atomic mass is 32.1. The maximum atomic E-state index is 11.7. The van der Waals surface area contributed by atoms with Crippen molar-refractivity contribution in [3.8, 4) is 11.3 Å². The number of carbonyl (C=O) groups is 1. The minimum Gasteiger partial charge on any atom is -0.354 e. The van der Waals surface area contributed by atoms with Crippen LogP contribution in [0.4, 0.5) is 0 Å². The van der Waals surface area contributed by atoms with Gasteiger partial charge in [-0.2, -0.15) is 0 Å². The molecule has 1 aliphatic carbocycles. The molecule has 0 unspecified atom stereocenters. The van der Waals surface area contributed by atoms with E-state index in [-0.39, 0.29) is 5.91 Å². The molecule has 110 valence electrons. The van der Waals surface area contributed by atoms with E-state index >= 15 is 0 Å². The molecule has 1 saturated carbocycles. The van der Waals surface area contributed by atoms with Gasteiger partial charge in [0.15, 0.2) is 0 Å². The van der Waals surface area contributed by atoms with Gasteiger partial charge in [-0.05, 0) is 31.7 Å². The van der Waals surface area contributed by atoms with Gasteiger partial charge in [0.2, 0.25) is 5.91 Å². The summed E-state index contributed by atoms with van der Waals surface area (Å²) in [4.78, 5) is 16.2. The molecule has 4 nitrogen and oxygen atoms in total. The third kappa shape index (κ3) is 3.31. The molecular formula is C16H19N3OS. The third-order valence-electron chi connectivity index (χ3n) is 3.81. The van der Waals surface area contributed by atoms with E-state index in [0.717, 1.165) is 35.5 Å². The number of benzene rings is 1. The second kappa shape index (κ2) is 5.58. The Kier molecular flexibility index (Phi) is 3.78. The molecule has 21 heavy (non-hydrogen) atoms. The van der Waals surface area contributed by atoms with E-state index in [0.29, 0.717) is 6.54 Å². The second-order valence-corrected chi connectivity index (χ2v) is 6.67. The minimum atomic E-state index is -0.577. The van der Waals surface area contributed by atoms with E-state index in [9.17, 15) is 4.79 Å². The normalized spacial score (nSPS) is 15.7. The number of nitrogens with two attached hydrogens (primary N) is 1. The van der Waals surface area contributed by atoms with Crippen molar-refractivity contribution >= 4 is 17.2 Å². The van der Waals surface area contributed by atoms with Crippen LogP contribution in [0.15, 0.2) is 29.6 Å². The highest BCUT2D eigenvalue weighted by Crippen LogP contribution is 2.32. The predicted molar refractivity (Wildman–Crippen MR) is 85.2 cm³/mol. The molecule has 0 aliphatic heterocycles. The summed E-state index contributed by atoms with van der Waals surface area (Å²) in [6.07, 6.45) is 2.43. The van der Waals surface area contributed by atoms with Gasteiger partial charge >= 0.3 is 0 Å². The van der Waals surface area contributed by atoms with Crippen LogP contribution in [0.2, 0.25) is 0 Å². The van der Waals surface area contributed by atoms with Crippen LogP contribution in [0.3, 0.4) is 0 Å². The van der Waals surface area contributed by atoms with Crippen LogP contribution in [0, 0.1) is 6.92 Å². The first-order chi connectivity index (χ1) is 10.1. The quantitative estimate of drug-likeness (QED) is 0.890. The second-order valence-electron chi connectivity index (χ2n) is 5.61. The summed E-state index contributed by atoms with van der Waals surface area (Å²) in [5.74, 6) is -0.0166. The molecule has 0 spiro atoms. The van der Waals surface area contributed by atoms with E-state index in [2.05, 4.69) is 39.9 Å². The molecule has 5 heteroatoms. The van der Waals surface area contributed by atoms with Crippen LogP contribution in [-0.2, 0) is 11.2 Å². The average Bonchev–Trinajstić information content (AvgIpc) is 3.09. The fraction of sp³-hybridized carbons (Fsp3) is 0.375. The van der Waals surface area contributed by atoms with Gasteiger partial charge in [-0.15, -0.1) is 11.3 Å². The van der Waals surface area contributed by atoms with Gasteiger partial charge in [0.1, 0.15) is 0 Å². The number of nitrogens with zero attached hydrogens (tertiary/aromatic N) is 1. The first kappa shape index (κ1) is 14.2. The SMILES string of the molecule is Cc1nc(-c2ccc(CCNC(=O)C3(N)CC3)cc2)cs1. The van der Waals surface area contributed by atoms with Crippen LogP contribution in [0.5, 0.6) is 0 Å². The van der Waals surface area contributed by atoms with Gasteiger partial charge in [-0.1, -0.05) is 24.3 Å². The summed E-state index contributed by atoms with van der Waals surface area (Å²) in [6, 6.07) is 8.34. The van der Waals surface area contributed by atoms with Crippen molar-refractivity contribution in [2.24, 2.45) is 5.73 Å². The molecular weight excluding hydrogens is 282 g/mol. The van der Waals surface area contributed by atoms with Gasteiger partial charge < -0.3 is 11.1 Å². The number of thiazole rings is 1. The molecule has 1 aliphatic rings. The monoisotopic (exact) mass is 301 g/mol. The zero-order chi connectivity index (χ0) is 14.9. The Morgan fingerprint density at radius 2 is 2.10 bits per heavy atom. The first-order valence-electron chi connectivity index (χ1n) is 7.15. The number of nitrogens with one attached hydrogen (secondary N) is 1. The number of aryl methyl sites for hydroxylation is 1. The maximum Gasteiger partial charge on any atom is 0.240 e. The Labute approximate surface area is 128 Å². The Balaban J connectivity index is 1.54. The molecule has 3 N–H and O–H groups in total. The van der Waals surface area contributed by atoms with Crippen LogP contribution >= 0.6 is 11.3 Å². The van der Waals surface area contributed by atoms with Crippen LogP contribution in [0.25, 0.3) is 11.3 Å². The summed E-state index contributed by atoms with van der Waals surface area (Å²) in [5.41, 5.74) is 8.62. The number of aromatic nitrogens is 1. The molecule has 1 fully saturated rings. The number of hydrogen-bond donors (Lipinski definition) is 2. The zero-order valence-corrected chi connectivity index (χ0v) is 12.9. The van der Waals surface area contributed by atoms with E-state index in [1.165, 1.54) is 5.56 Å². The van der Waals surface area contributed by atoms with Crippen molar-refractivity contribution < 1.29 is 4.79 Å². The van der Waals surface area contributed by atoms with Gasteiger partial charge in [0, 0.05) is 17.5 Å². The van der Waals surface area contributed by atoms with Gasteiger partial charge in [-0.3, -0.25) is 4.79 Å². The molecule has 0 bridgehead atoms.